The summed E-state index contributed by atoms with van der Waals surface area (Å²) in [4.78, 5) is 5.26. The summed E-state index contributed by atoms with van der Waals surface area (Å²) in [5.41, 5.74) is 3.17. The first-order valence-electron chi connectivity index (χ1n) is 5.13. The highest BCUT2D eigenvalue weighted by molar-refractivity contribution is 4.80. The normalized spacial score (nSPS) is 36.8. The van der Waals surface area contributed by atoms with Gasteiger partial charge in [-0.3, -0.25) is 0 Å². The molecule has 0 spiro atoms. The third kappa shape index (κ3) is 2.46. The maximum absolute atomic E-state index is 5.26. The molecule has 2 unspecified atom stereocenters. The summed E-state index contributed by atoms with van der Waals surface area (Å²) in [5, 5.41) is 0. The molecule has 1 aliphatic carbocycles. The summed E-state index contributed by atoms with van der Waals surface area (Å²) < 4.78 is 0. The summed E-state index contributed by atoms with van der Waals surface area (Å²) in [6.07, 6.45) is 4.07. The third-order valence-electron chi connectivity index (χ3n) is 2.91. The summed E-state index contributed by atoms with van der Waals surface area (Å²) in [5.74, 6) is 1.53. The first-order valence-corrected chi connectivity index (χ1v) is 5.13. The Hall–Kier alpha value is -0.0800. The van der Waals surface area contributed by atoms with Crippen molar-refractivity contribution in [3.8, 4) is 0 Å². The van der Waals surface area contributed by atoms with Gasteiger partial charge in [-0.2, -0.15) is 5.48 Å². The van der Waals surface area contributed by atoms with Gasteiger partial charge in [0.1, 0.15) is 0 Å². The van der Waals surface area contributed by atoms with E-state index in [-0.39, 0.29) is 0 Å². The highest BCUT2D eigenvalue weighted by Gasteiger charge is 2.27. The van der Waals surface area contributed by atoms with Gasteiger partial charge in [-0.05, 0) is 31.6 Å². The van der Waals surface area contributed by atoms with E-state index in [1.54, 1.807) is 0 Å². The van der Waals surface area contributed by atoms with Crippen molar-refractivity contribution < 1.29 is 4.84 Å². The van der Waals surface area contributed by atoms with Crippen LogP contribution in [0.1, 0.15) is 40.0 Å². The molecule has 0 aliphatic heterocycles. The van der Waals surface area contributed by atoms with E-state index in [4.69, 9.17) is 4.84 Å². The molecule has 2 atom stereocenters. The number of hydroxylamine groups is 1. The standard InChI is InChI=1S/C10H21NO/c1-4-12-11-10-8(2)6-5-7-9(10)3/h8-11H,4-7H2,1-3H3. The van der Waals surface area contributed by atoms with E-state index in [0.717, 1.165) is 18.4 Å². The molecular formula is C10H21NO. The Morgan fingerprint density at radius 1 is 1.25 bits per heavy atom. The molecule has 2 heteroatoms. The number of hydrogen-bond donors (Lipinski definition) is 1. The van der Waals surface area contributed by atoms with Crippen molar-refractivity contribution in [2.24, 2.45) is 11.8 Å². The van der Waals surface area contributed by atoms with Gasteiger partial charge in [0.25, 0.3) is 0 Å². The quantitative estimate of drug-likeness (QED) is 0.658. The molecule has 0 aromatic heterocycles. The highest BCUT2D eigenvalue weighted by atomic mass is 16.6. The van der Waals surface area contributed by atoms with E-state index < -0.39 is 0 Å². The van der Waals surface area contributed by atoms with Gasteiger partial charge in [0.2, 0.25) is 0 Å². The molecule has 0 heterocycles. The SMILES string of the molecule is CCONC1C(C)CCCC1C. The van der Waals surface area contributed by atoms with E-state index in [0.29, 0.717) is 6.04 Å². The minimum atomic E-state index is 0.568. The smallest absolute Gasteiger partial charge is 0.0654 e. The fraction of sp³-hybridized carbons (Fsp3) is 1.00. The second-order valence-corrected chi connectivity index (χ2v) is 3.96. The Bertz CT molecular complexity index is 117. The van der Waals surface area contributed by atoms with Gasteiger partial charge in [-0.25, -0.2) is 0 Å². The summed E-state index contributed by atoms with van der Waals surface area (Å²) in [6, 6.07) is 0.568. The van der Waals surface area contributed by atoms with Crippen LogP contribution in [0.25, 0.3) is 0 Å². The van der Waals surface area contributed by atoms with E-state index in [1.807, 2.05) is 6.92 Å². The maximum atomic E-state index is 5.26. The Morgan fingerprint density at radius 3 is 2.33 bits per heavy atom. The first-order chi connectivity index (χ1) is 5.75. The largest absolute Gasteiger partial charge is 0.302 e. The molecule has 0 amide bonds. The van der Waals surface area contributed by atoms with Crippen LogP contribution in [0.4, 0.5) is 0 Å². The Labute approximate surface area is 75.6 Å². The molecule has 1 saturated carbocycles. The molecule has 0 aromatic carbocycles. The molecule has 12 heavy (non-hydrogen) atoms. The van der Waals surface area contributed by atoms with E-state index in [2.05, 4.69) is 19.3 Å². The molecule has 0 radical (unpaired) electrons. The number of nitrogens with one attached hydrogen (secondary N) is 1. The van der Waals surface area contributed by atoms with Crippen LogP contribution in [0.2, 0.25) is 0 Å². The van der Waals surface area contributed by atoms with Gasteiger partial charge in [-0.1, -0.05) is 20.3 Å². The second kappa shape index (κ2) is 4.83. The van der Waals surface area contributed by atoms with Gasteiger partial charge < -0.3 is 4.84 Å². The second-order valence-electron chi connectivity index (χ2n) is 3.96. The van der Waals surface area contributed by atoms with Gasteiger partial charge in [0.15, 0.2) is 0 Å². The lowest BCUT2D eigenvalue weighted by molar-refractivity contribution is -0.0157. The van der Waals surface area contributed by atoms with Crippen LogP contribution >= 0.6 is 0 Å². The summed E-state index contributed by atoms with van der Waals surface area (Å²) in [7, 11) is 0. The van der Waals surface area contributed by atoms with Gasteiger partial charge in [-0.15, -0.1) is 0 Å². The van der Waals surface area contributed by atoms with E-state index in [9.17, 15) is 0 Å². The molecule has 2 nitrogen and oxygen atoms in total. The van der Waals surface area contributed by atoms with Crippen molar-refractivity contribution >= 4 is 0 Å². The molecular weight excluding hydrogens is 150 g/mol. The zero-order chi connectivity index (χ0) is 8.97. The number of hydrogen-bond acceptors (Lipinski definition) is 2. The zero-order valence-corrected chi connectivity index (χ0v) is 8.47. The van der Waals surface area contributed by atoms with Crippen LogP contribution in [0.5, 0.6) is 0 Å². The monoisotopic (exact) mass is 171 g/mol. The first kappa shape index (κ1) is 10.0. The molecule has 1 fully saturated rings. The molecule has 1 N–H and O–H groups in total. The summed E-state index contributed by atoms with van der Waals surface area (Å²) in [6.45, 7) is 7.40. The fourth-order valence-corrected chi connectivity index (χ4v) is 2.09. The third-order valence-corrected chi connectivity index (χ3v) is 2.91. The predicted molar refractivity (Wildman–Crippen MR) is 50.7 cm³/mol. The van der Waals surface area contributed by atoms with Crippen molar-refractivity contribution in [3.63, 3.8) is 0 Å². The average Bonchev–Trinajstić information content (AvgIpc) is 2.04. The Morgan fingerprint density at radius 2 is 1.83 bits per heavy atom. The Kier molecular flexibility index (Phi) is 4.02. The van der Waals surface area contributed by atoms with Crippen molar-refractivity contribution in [2.75, 3.05) is 6.61 Å². The van der Waals surface area contributed by atoms with Crippen LogP contribution < -0.4 is 5.48 Å². The molecule has 72 valence electrons. The molecule has 0 saturated heterocycles. The minimum Gasteiger partial charge on any atom is -0.302 e. The number of rotatable bonds is 3. The fourth-order valence-electron chi connectivity index (χ4n) is 2.09. The van der Waals surface area contributed by atoms with Crippen LogP contribution in [-0.2, 0) is 4.84 Å². The van der Waals surface area contributed by atoms with Crippen molar-refractivity contribution in [2.45, 2.75) is 46.1 Å². The van der Waals surface area contributed by atoms with Crippen molar-refractivity contribution in [3.05, 3.63) is 0 Å². The molecule has 1 rings (SSSR count). The van der Waals surface area contributed by atoms with Crippen molar-refractivity contribution in [1.82, 2.24) is 5.48 Å². The van der Waals surface area contributed by atoms with Gasteiger partial charge >= 0.3 is 0 Å². The average molecular weight is 171 g/mol. The Balaban J connectivity index is 2.34. The van der Waals surface area contributed by atoms with Crippen LogP contribution in [0.15, 0.2) is 0 Å². The topological polar surface area (TPSA) is 21.3 Å². The molecule has 1 aliphatic rings. The maximum Gasteiger partial charge on any atom is 0.0654 e. The lowest BCUT2D eigenvalue weighted by Gasteiger charge is -2.34. The van der Waals surface area contributed by atoms with E-state index >= 15 is 0 Å². The lowest BCUT2D eigenvalue weighted by Crippen LogP contribution is -2.42. The summed E-state index contributed by atoms with van der Waals surface area (Å²) >= 11 is 0. The molecule has 0 bridgehead atoms. The molecule has 0 aromatic rings. The minimum absolute atomic E-state index is 0.568. The van der Waals surface area contributed by atoms with Gasteiger partial charge in [0, 0.05) is 6.04 Å². The van der Waals surface area contributed by atoms with Crippen molar-refractivity contribution in [1.29, 1.82) is 0 Å². The highest BCUT2D eigenvalue weighted by Crippen LogP contribution is 2.28. The zero-order valence-electron chi connectivity index (χ0n) is 8.47. The van der Waals surface area contributed by atoms with E-state index in [1.165, 1.54) is 19.3 Å². The van der Waals surface area contributed by atoms with Crippen LogP contribution in [0.3, 0.4) is 0 Å². The van der Waals surface area contributed by atoms with Crippen LogP contribution in [0, 0.1) is 11.8 Å². The predicted octanol–water partition coefficient (Wildman–Crippen LogP) is 2.35. The van der Waals surface area contributed by atoms with Crippen LogP contribution in [-0.4, -0.2) is 12.6 Å². The van der Waals surface area contributed by atoms with Gasteiger partial charge in [0.05, 0.1) is 6.61 Å². The lowest BCUT2D eigenvalue weighted by atomic mass is 9.79.